The highest BCUT2D eigenvalue weighted by atomic mass is 16.5. The van der Waals surface area contributed by atoms with E-state index in [2.05, 4.69) is 25.7 Å². The third-order valence-corrected chi connectivity index (χ3v) is 4.19. The zero-order valence-electron chi connectivity index (χ0n) is 17.0. The summed E-state index contributed by atoms with van der Waals surface area (Å²) in [6.07, 6.45) is 6.11. The van der Waals surface area contributed by atoms with Crippen LogP contribution < -0.4 is 10.1 Å². The van der Waals surface area contributed by atoms with Crippen molar-refractivity contribution < 1.29 is 4.74 Å². The van der Waals surface area contributed by atoms with Gasteiger partial charge in [0, 0.05) is 36.0 Å². The normalized spacial score (nSPS) is 12.7. The molecule has 0 saturated heterocycles. The lowest BCUT2D eigenvalue weighted by molar-refractivity contribution is 0.326. The van der Waals surface area contributed by atoms with Gasteiger partial charge in [0.1, 0.15) is 11.6 Å². The molecule has 0 spiro atoms. The maximum absolute atomic E-state index is 7.54. The number of hydrogen-bond donors (Lipinski definition) is 2. The van der Waals surface area contributed by atoms with Crippen molar-refractivity contribution in [3.8, 4) is 17.0 Å². The van der Waals surface area contributed by atoms with E-state index >= 15 is 0 Å². The highest BCUT2D eigenvalue weighted by molar-refractivity contribution is 6.08. The second-order valence-electron chi connectivity index (χ2n) is 6.39. The van der Waals surface area contributed by atoms with Gasteiger partial charge in [-0.3, -0.25) is 0 Å². The number of ether oxygens (including phenoxy) is 1. The molecule has 0 unspecified atom stereocenters. The highest BCUT2D eigenvalue weighted by Crippen LogP contribution is 2.36. The van der Waals surface area contributed by atoms with Gasteiger partial charge in [0.15, 0.2) is 0 Å². The fraction of sp³-hybridized carbons (Fsp3) is 0.364. The molecular formula is C22H30N4O. The van der Waals surface area contributed by atoms with Gasteiger partial charge in [0.05, 0.1) is 12.3 Å². The van der Waals surface area contributed by atoms with Crippen molar-refractivity contribution in [3.63, 3.8) is 0 Å². The van der Waals surface area contributed by atoms with E-state index < -0.39 is 0 Å². The van der Waals surface area contributed by atoms with Crippen molar-refractivity contribution in [1.29, 1.82) is 5.41 Å². The molecule has 3 rings (SSSR count). The molecule has 0 atom stereocenters. The number of aromatic nitrogens is 2. The first-order valence-corrected chi connectivity index (χ1v) is 9.52. The Bertz CT molecular complexity index is 846. The fourth-order valence-electron chi connectivity index (χ4n) is 2.98. The number of rotatable bonds is 5. The number of nitrogens with zero attached hydrogens (tertiary/aromatic N) is 2. The van der Waals surface area contributed by atoms with Crippen molar-refractivity contribution in [3.05, 3.63) is 48.2 Å². The summed E-state index contributed by atoms with van der Waals surface area (Å²) in [6.45, 7) is 14.8. The summed E-state index contributed by atoms with van der Waals surface area (Å²) in [5.41, 5.74) is 4.91. The Morgan fingerprint density at radius 3 is 2.74 bits per heavy atom. The summed E-state index contributed by atoms with van der Waals surface area (Å²) in [5, 5.41) is 15.6. The van der Waals surface area contributed by atoms with Crippen LogP contribution in [0.1, 0.15) is 45.7 Å². The van der Waals surface area contributed by atoms with E-state index in [0.29, 0.717) is 12.6 Å². The van der Waals surface area contributed by atoms with Crippen LogP contribution in [-0.4, -0.2) is 28.6 Å². The molecule has 5 nitrogen and oxygen atoms in total. The largest absolute Gasteiger partial charge is 0.493 e. The van der Waals surface area contributed by atoms with Gasteiger partial charge in [0.25, 0.3) is 0 Å². The number of fused-ring (bicyclic) bond motifs is 3. The van der Waals surface area contributed by atoms with Crippen molar-refractivity contribution >= 4 is 17.6 Å². The van der Waals surface area contributed by atoms with Gasteiger partial charge in [-0.2, -0.15) is 5.10 Å². The van der Waals surface area contributed by atoms with Gasteiger partial charge in [-0.05, 0) is 44.0 Å². The molecule has 0 radical (unpaired) electrons. The molecule has 0 fully saturated rings. The fourth-order valence-corrected chi connectivity index (χ4v) is 2.98. The Hall–Kier alpha value is -2.82. The monoisotopic (exact) mass is 366 g/mol. The van der Waals surface area contributed by atoms with Crippen molar-refractivity contribution in [2.75, 3.05) is 6.61 Å². The molecule has 0 bridgehead atoms. The number of allylic oxidation sites excluding steroid dienone is 2. The average Bonchev–Trinajstić information content (AvgIpc) is 3.01. The first kappa shape index (κ1) is 20.5. The summed E-state index contributed by atoms with van der Waals surface area (Å²) < 4.78 is 7.75. The van der Waals surface area contributed by atoms with E-state index in [4.69, 9.17) is 15.2 Å². The van der Waals surface area contributed by atoms with Crippen LogP contribution in [0.5, 0.6) is 5.75 Å². The first-order chi connectivity index (χ1) is 13.0. The highest BCUT2D eigenvalue weighted by Gasteiger charge is 2.20. The van der Waals surface area contributed by atoms with Gasteiger partial charge in [-0.25, -0.2) is 4.68 Å². The lowest BCUT2D eigenvalue weighted by Crippen LogP contribution is -2.24. The Kier molecular flexibility index (Phi) is 6.99. The number of hydrogen-bond acceptors (Lipinski definition) is 4. The second kappa shape index (κ2) is 9.21. The number of benzene rings is 1. The van der Waals surface area contributed by atoms with Gasteiger partial charge in [-0.15, -0.1) is 0 Å². The summed E-state index contributed by atoms with van der Waals surface area (Å²) in [4.78, 5) is 0. The Morgan fingerprint density at radius 2 is 2.11 bits per heavy atom. The van der Waals surface area contributed by atoms with E-state index in [0.717, 1.165) is 45.9 Å². The molecule has 2 aromatic rings. The van der Waals surface area contributed by atoms with Crippen molar-refractivity contribution in [2.45, 2.75) is 47.1 Å². The van der Waals surface area contributed by atoms with E-state index in [1.54, 1.807) is 0 Å². The maximum Gasteiger partial charge on any atom is 0.129 e. The van der Waals surface area contributed by atoms with Gasteiger partial charge in [0.2, 0.25) is 0 Å². The summed E-state index contributed by atoms with van der Waals surface area (Å²) in [5.74, 6) is 1.58. The van der Waals surface area contributed by atoms with E-state index in [1.807, 2.05) is 55.9 Å². The minimum atomic E-state index is 0.301. The van der Waals surface area contributed by atoms with Crippen LogP contribution in [0.3, 0.4) is 0 Å². The summed E-state index contributed by atoms with van der Waals surface area (Å²) in [6, 6.07) is 6.33. The standard InChI is InChI=1S/C20H24N4O.C2H6/c1-5-15(11-21)16-6-7-18-19(10-16)25-9-8-17-12-24(23-20(17)18)14(4)22-13(2)3;1-2/h5-7,10-13,21-22H,4,8-9H2,1-3H3;1-2H3/b15-5+,21-11?;. The molecule has 0 saturated carbocycles. The number of nitrogens with one attached hydrogen (secondary N) is 2. The lowest BCUT2D eigenvalue weighted by atomic mass is 10.0. The predicted molar refractivity (Wildman–Crippen MR) is 114 cm³/mol. The topological polar surface area (TPSA) is 62.9 Å². The first-order valence-electron chi connectivity index (χ1n) is 9.52. The molecule has 5 heteroatoms. The zero-order valence-corrected chi connectivity index (χ0v) is 17.0. The van der Waals surface area contributed by atoms with Crippen LogP contribution in [-0.2, 0) is 6.42 Å². The molecule has 27 heavy (non-hydrogen) atoms. The molecule has 2 N–H and O–H groups in total. The molecule has 0 amide bonds. The van der Waals surface area contributed by atoms with E-state index in [9.17, 15) is 0 Å². The van der Waals surface area contributed by atoms with E-state index in [-0.39, 0.29) is 0 Å². The Morgan fingerprint density at radius 1 is 1.37 bits per heavy atom. The molecule has 1 aliphatic heterocycles. The molecule has 1 aliphatic rings. The molecular weight excluding hydrogens is 336 g/mol. The van der Waals surface area contributed by atoms with Crippen LogP contribution in [0, 0.1) is 5.41 Å². The molecule has 0 aliphatic carbocycles. The minimum absolute atomic E-state index is 0.301. The Labute approximate surface area is 162 Å². The zero-order chi connectivity index (χ0) is 20.0. The quantitative estimate of drug-likeness (QED) is 0.733. The average molecular weight is 367 g/mol. The summed E-state index contributed by atoms with van der Waals surface area (Å²) >= 11 is 0. The third-order valence-electron chi connectivity index (χ3n) is 4.19. The smallest absolute Gasteiger partial charge is 0.129 e. The lowest BCUT2D eigenvalue weighted by Gasteiger charge is -2.13. The van der Waals surface area contributed by atoms with Gasteiger partial charge in [-0.1, -0.05) is 32.6 Å². The van der Waals surface area contributed by atoms with Crippen LogP contribution in [0.2, 0.25) is 0 Å². The predicted octanol–water partition coefficient (Wildman–Crippen LogP) is 4.99. The van der Waals surface area contributed by atoms with Crippen molar-refractivity contribution in [1.82, 2.24) is 15.1 Å². The SMILES string of the molecule is C=C(NC(C)C)n1cc2c(n1)-c1ccc(/C(C=N)=C/C)cc1OCC2.CC. The van der Waals surface area contributed by atoms with Crippen LogP contribution in [0.25, 0.3) is 22.7 Å². The molecule has 2 heterocycles. The molecule has 1 aromatic carbocycles. The second-order valence-corrected chi connectivity index (χ2v) is 6.39. The minimum Gasteiger partial charge on any atom is -0.493 e. The van der Waals surface area contributed by atoms with E-state index in [1.165, 1.54) is 6.21 Å². The van der Waals surface area contributed by atoms with Gasteiger partial charge < -0.3 is 15.5 Å². The van der Waals surface area contributed by atoms with Crippen LogP contribution in [0.15, 0.2) is 37.1 Å². The van der Waals surface area contributed by atoms with Crippen molar-refractivity contribution in [2.24, 2.45) is 0 Å². The third kappa shape index (κ3) is 4.48. The molecule has 1 aromatic heterocycles. The van der Waals surface area contributed by atoms with Crippen LogP contribution >= 0.6 is 0 Å². The Balaban J connectivity index is 0.00000126. The summed E-state index contributed by atoms with van der Waals surface area (Å²) in [7, 11) is 0. The molecule has 144 valence electrons. The van der Waals surface area contributed by atoms with Gasteiger partial charge >= 0.3 is 0 Å². The maximum atomic E-state index is 7.54. The van der Waals surface area contributed by atoms with Crippen LogP contribution in [0.4, 0.5) is 0 Å².